The van der Waals surface area contributed by atoms with Crippen LogP contribution in [0.1, 0.15) is 57.1 Å². The Morgan fingerprint density at radius 2 is 2.00 bits per heavy atom. The van der Waals surface area contributed by atoms with Crippen LogP contribution >= 0.6 is 0 Å². The van der Waals surface area contributed by atoms with Crippen molar-refractivity contribution >= 4 is 11.9 Å². The molecule has 1 heterocycles. The second-order valence-electron chi connectivity index (χ2n) is 7.75. The van der Waals surface area contributed by atoms with Crippen LogP contribution in [0.2, 0.25) is 0 Å². The van der Waals surface area contributed by atoms with Crippen LogP contribution < -0.4 is 10.1 Å². The molecular formula is C20H28N2O3. The molecule has 0 aliphatic heterocycles. The van der Waals surface area contributed by atoms with Gasteiger partial charge in [0.1, 0.15) is 0 Å². The zero-order chi connectivity index (χ0) is 18.8. The molecule has 136 valence electrons. The number of amides is 1. The van der Waals surface area contributed by atoms with Gasteiger partial charge in [-0.15, -0.1) is 0 Å². The Morgan fingerprint density at radius 1 is 1.32 bits per heavy atom. The lowest BCUT2D eigenvalue weighted by Gasteiger charge is -2.30. The molecule has 0 saturated carbocycles. The van der Waals surface area contributed by atoms with Crippen molar-refractivity contribution < 1.29 is 14.3 Å². The number of esters is 1. The summed E-state index contributed by atoms with van der Waals surface area (Å²) in [5, 5.41) is 3.12. The summed E-state index contributed by atoms with van der Waals surface area (Å²) >= 11 is 0. The molecule has 0 saturated heterocycles. The van der Waals surface area contributed by atoms with Crippen LogP contribution in [0, 0.1) is 24.2 Å². The molecule has 2 rings (SSSR count). The first-order valence-electron chi connectivity index (χ1n) is 8.75. The SMILES string of the molecule is CC(=O)Oc1c(C)ccnc1C(=O)NC1CC(C)(C)C=C[C@@H](C)[C@@H]1C. The van der Waals surface area contributed by atoms with E-state index in [1.165, 1.54) is 6.92 Å². The van der Waals surface area contributed by atoms with Crippen molar-refractivity contribution in [2.75, 3.05) is 0 Å². The summed E-state index contributed by atoms with van der Waals surface area (Å²) in [5.41, 5.74) is 0.875. The standard InChI is InChI=1S/C20H28N2O3/c1-12-7-9-20(5,6)11-16(14(12)3)22-19(24)17-18(25-15(4)23)13(2)8-10-21-17/h7-10,12,14,16H,11H2,1-6H3,(H,22,24)/t12-,14+,16?/m1/s1. The van der Waals surface area contributed by atoms with Crippen LogP contribution in [0.3, 0.4) is 0 Å². The summed E-state index contributed by atoms with van der Waals surface area (Å²) < 4.78 is 5.23. The normalized spacial score (nSPS) is 25.1. The minimum Gasteiger partial charge on any atom is -0.424 e. The van der Waals surface area contributed by atoms with Gasteiger partial charge in [0.2, 0.25) is 0 Å². The smallest absolute Gasteiger partial charge is 0.308 e. The largest absolute Gasteiger partial charge is 0.424 e. The molecule has 0 bridgehead atoms. The van der Waals surface area contributed by atoms with Crippen molar-refractivity contribution in [1.29, 1.82) is 0 Å². The van der Waals surface area contributed by atoms with Crippen molar-refractivity contribution in [3.63, 3.8) is 0 Å². The van der Waals surface area contributed by atoms with E-state index in [2.05, 4.69) is 50.1 Å². The number of pyridine rings is 1. The van der Waals surface area contributed by atoms with Crippen molar-refractivity contribution in [2.45, 2.75) is 54.0 Å². The molecule has 0 fully saturated rings. The van der Waals surface area contributed by atoms with Gasteiger partial charge < -0.3 is 10.1 Å². The van der Waals surface area contributed by atoms with Crippen molar-refractivity contribution in [3.8, 4) is 5.75 Å². The monoisotopic (exact) mass is 344 g/mol. The molecule has 0 spiro atoms. The third-order valence-corrected chi connectivity index (χ3v) is 4.94. The molecule has 5 nitrogen and oxygen atoms in total. The zero-order valence-electron chi connectivity index (χ0n) is 15.9. The summed E-state index contributed by atoms with van der Waals surface area (Å²) in [6.07, 6.45) is 6.86. The molecule has 1 N–H and O–H groups in total. The van der Waals surface area contributed by atoms with Gasteiger partial charge in [-0.2, -0.15) is 0 Å². The maximum atomic E-state index is 12.9. The Morgan fingerprint density at radius 3 is 2.64 bits per heavy atom. The van der Waals surface area contributed by atoms with Gasteiger partial charge in [-0.1, -0.05) is 39.8 Å². The van der Waals surface area contributed by atoms with Crippen LogP contribution in [0.4, 0.5) is 0 Å². The molecule has 0 radical (unpaired) electrons. The second-order valence-corrected chi connectivity index (χ2v) is 7.75. The van der Waals surface area contributed by atoms with Gasteiger partial charge in [0.05, 0.1) is 0 Å². The Bertz CT molecular complexity index is 694. The lowest BCUT2D eigenvalue weighted by atomic mass is 9.82. The molecule has 1 aromatic heterocycles. The highest BCUT2D eigenvalue weighted by Gasteiger charge is 2.32. The molecule has 1 amide bonds. The van der Waals surface area contributed by atoms with E-state index in [4.69, 9.17) is 4.74 Å². The number of aromatic nitrogens is 1. The number of hydrogen-bond acceptors (Lipinski definition) is 4. The summed E-state index contributed by atoms with van der Waals surface area (Å²) in [5.74, 6) is 0.127. The average molecular weight is 344 g/mol. The number of carbonyl (C=O) groups is 2. The Balaban J connectivity index is 2.27. The van der Waals surface area contributed by atoms with Crippen molar-refractivity contribution in [3.05, 3.63) is 35.7 Å². The molecule has 1 aliphatic carbocycles. The average Bonchev–Trinajstić information content (AvgIpc) is 2.60. The van der Waals surface area contributed by atoms with Crippen LogP contribution in [-0.2, 0) is 4.79 Å². The minimum absolute atomic E-state index is 0.00964. The van der Waals surface area contributed by atoms with E-state index in [0.717, 1.165) is 6.42 Å². The lowest BCUT2D eigenvalue weighted by Crippen LogP contribution is -2.43. The Labute approximate surface area is 149 Å². The van der Waals surface area contributed by atoms with Crippen LogP contribution in [0.5, 0.6) is 5.75 Å². The second kappa shape index (κ2) is 7.38. The Hall–Kier alpha value is -2.17. The first kappa shape index (κ1) is 19.2. The van der Waals surface area contributed by atoms with Gasteiger partial charge in [0.15, 0.2) is 11.4 Å². The highest BCUT2D eigenvalue weighted by Crippen LogP contribution is 2.34. The van der Waals surface area contributed by atoms with E-state index in [-0.39, 0.29) is 28.8 Å². The van der Waals surface area contributed by atoms with E-state index in [0.29, 0.717) is 17.4 Å². The fourth-order valence-corrected chi connectivity index (χ4v) is 3.17. The van der Waals surface area contributed by atoms with E-state index in [9.17, 15) is 9.59 Å². The number of rotatable bonds is 3. The quantitative estimate of drug-likeness (QED) is 0.671. The molecule has 0 aromatic carbocycles. The maximum Gasteiger partial charge on any atom is 0.308 e. The fourth-order valence-electron chi connectivity index (χ4n) is 3.17. The maximum absolute atomic E-state index is 12.9. The number of nitrogens with one attached hydrogen (secondary N) is 1. The number of aryl methyl sites for hydroxylation is 1. The molecule has 1 aromatic rings. The first-order valence-corrected chi connectivity index (χ1v) is 8.75. The number of hydrogen-bond donors (Lipinski definition) is 1. The highest BCUT2D eigenvalue weighted by atomic mass is 16.5. The molecule has 5 heteroatoms. The minimum atomic E-state index is -0.466. The third kappa shape index (κ3) is 4.68. The molecule has 25 heavy (non-hydrogen) atoms. The fraction of sp³-hybridized carbons (Fsp3) is 0.550. The first-order chi connectivity index (χ1) is 11.6. The molecule has 3 atom stereocenters. The topological polar surface area (TPSA) is 68.3 Å². The number of ether oxygens (including phenoxy) is 1. The van der Waals surface area contributed by atoms with E-state index >= 15 is 0 Å². The van der Waals surface area contributed by atoms with Crippen molar-refractivity contribution in [1.82, 2.24) is 10.3 Å². The molecule has 1 unspecified atom stereocenters. The van der Waals surface area contributed by atoms with Gasteiger partial charge in [0, 0.05) is 19.2 Å². The lowest BCUT2D eigenvalue weighted by molar-refractivity contribution is -0.131. The van der Waals surface area contributed by atoms with E-state index < -0.39 is 5.97 Å². The number of carbonyl (C=O) groups excluding carboxylic acids is 2. The van der Waals surface area contributed by atoms with Crippen LogP contribution in [-0.4, -0.2) is 22.9 Å². The predicted octanol–water partition coefficient (Wildman–Crippen LogP) is 3.67. The van der Waals surface area contributed by atoms with Gasteiger partial charge in [-0.3, -0.25) is 9.59 Å². The van der Waals surface area contributed by atoms with Crippen molar-refractivity contribution in [2.24, 2.45) is 17.3 Å². The number of nitrogens with zero attached hydrogens (tertiary/aromatic N) is 1. The van der Waals surface area contributed by atoms with Crippen LogP contribution in [0.15, 0.2) is 24.4 Å². The predicted molar refractivity (Wildman–Crippen MR) is 97.4 cm³/mol. The number of allylic oxidation sites excluding steroid dienone is 2. The zero-order valence-corrected chi connectivity index (χ0v) is 15.9. The van der Waals surface area contributed by atoms with Gasteiger partial charge >= 0.3 is 5.97 Å². The third-order valence-electron chi connectivity index (χ3n) is 4.94. The summed E-state index contributed by atoms with van der Waals surface area (Å²) in [4.78, 5) is 28.4. The summed E-state index contributed by atoms with van der Waals surface area (Å²) in [6.45, 7) is 11.8. The van der Waals surface area contributed by atoms with Gasteiger partial charge in [0.25, 0.3) is 5.91 Å². The highest BCUT2D eigenvalue weighted by molar-refractivity contribution is 5.96. The van der Waals surface area contributed by atoms with E-state index in [1.54, 1.807) is 19.2 Å². The van der Waals surface area contributed by atoms with E-state index in [1.807, 2.05) is 0 Å². The molecule has 1 aliphatic rings. The van der Waals surface area contributed by atoms with Gasteiger partial charge in [-0.05, 0) is 42.2 Å². The van der Waals surface area contributed by atoms with Crippen LogP contribution in [0.25, 0.3) is 0 Å². The summed E-state index contributed by atoms with van der Waals surface area (Å²) in [7, 11) is 0. The Kier molecular flexibility index (Phi) is 5.65. The molecular weight excluding hydrogens is 316 g/mol. The summed E-state index contributed by atoms with van der Waals surface area (Å²) in [6, 6.07) is 1.73. The van der Waals surface area contributed by atoms with Gasteiger partial charge in [-0.25, -0.2) is 4.98 Å².